The highest BCUT2D eigenvalue weighted by atomic mass is 79.9. The van der Waals surface area contributed by atoms with E-state index in [1.54, 1.807) is 12.1 Å². The van der Waals surface area contributed by atoms with E-state index >= 15 is 0 Å². The molecule has 2 aliphatic rings. The van der Waals surface area contributed by atoms with E-state index in [9.17, 15) is 49.5 Å². The number of amides is 2. The molecule has 0 fully saturated rings. The second-order valence-corrected chi connectivity index (χ2v) is 11.9. The number of hydrogen-bond acceptors (Lipinski definition) is 10. The molecular weight excluding hydrogens is 736 g/mol. The molecule has 4 rings (SSSR count). The van der Waals surface area contributed by atoms with Crippen LogP contribution in [0.5, 0.6) is 0 Å². The molecule has 2 aliphatic carbocycles. The maximum atomic E-state index is 12.6. The number of aliphatic hydroxyl groups is 2. The van der Waals surface area contributed by atoms with Gasteiger partial charge in [0.05, 0.1) is 12.1 Å². The number of rotatable bonds is 6. The Morgan fingerprint density at radius 3 is 1.33 bits per heavy atom. The van der Waals surface area contributed by atoms with Crippen LogP contribution in [0.3, 0.4) is 0 Å². The van der Waals surface area contributed by atoms with Crippen molar-refractivity contribution < 1.29 is 49.2 Å². The van der Waals surface area contributed by atoms with Crippen LogP contribution in [0.2, 0.25) is 0 Å². The number of benzene rings is 2. The number of halogens is 2. The third-order valence-corrected chi connectivity index (χ3v) is 8.07. The summed E-state index contributed by atoms with van der Waals surface area (Å²) >= 11 is 6.47. The predicted octanol–water partition coefficient (Wildman–Crippen LogP) is 2.57. The van der Waals surface area contributed by atoms with Gasteiger partial charge in [0.1, 0.15) is 46.6 Å². The van der Waals surface area contributed by atoms with E-state index in [0.717, 1.165) is 0 Å². The van der Waals surface area contributed by atoms with Gasteiger partial charge in [-0.3, -0.25) is 28.8 Å². The first-order valence-corrected chi connectivity index (χ1v) is 14.4. The Morgan fingerprint density at radius 2 is 1.04 bits per heavy atom. The number of aliphatic carboxylic acids is 2. The van der Waals surface area contributed by atoms with Crippen molar-refractivity contribution in [3.05, 3.63) is 78.7 Å². The molecule has 0 aliphatic heterocycles. The van der Waals surface area contributed by atoms with E-state index in [1.807, 2.05) is 22.8 Å². The molecule has 16 heteroatoms. The number of aliphatic hydroxyl groups excluding tert-OH is 2. The smallest absolute Gasteiger partial charge is 0.322 e. The van der Waals surface area contributed by atoms with E-state index in [1.165, 1.54) is 38.1 Å². The average molecular weight is 758 g/mol. The van der Waals surface area contributed by atoms with Gasteiger partial charge in [-0.25, -0.2) is 0 Å². The first kappa shape index (κ1) is 35.2. The molecule has 2 aromatic carbocycles. The van der Waals surface area contributed by atoms with Crippen molar-refractivity contribution in [3.8, 4) is 12.1 Å². The maximum absolute atomic E-state index is 12.6. The Bertz CT molecular complexity index is 1750. The van der Waals surface area contributed by atoms with Crippen LogP contribution in [0.4, 0.5) is 0 Å². The molecular formula is C30H22Br2N4O10. The fourth-order valence-corrected chi connectivity index (χ4v) is 5.36. The summed E-state index contributed by atoms with van der Waals surface area (Å²) in [4.78, 5) is 70.4. The van der Waals surface area contributed by atoms with Gasteiger partial charge in [0.2, 0.25) is 0 Å². The number of carbonyl (C=O) groups excluding carboxylic acids is 4. The van der Waals surface area contributed by atoms with Crippen molar-refractivity contribution in [2.24, 2.45) is 0 Å². The lowest BCUT2D eigenvalue weighted by Gasteiger charge is -2.29. The Labute approximate surface area is 276 Å². The molecule has 2 aromatic rings. The topological polar surface area (TPSA) is 255 Å². The van der Waals surface area contributed by atoms with Crippen molar-refractivity contribution in [1.29, 1.82) is 10.5 Å². The van der Waals surface area contributed by atoms with Gasteiger partial charge in [-0.15, -0.1) is 0 Å². The Hall–Kier alpha value is -5.32. The fourth-order valence-electron chi connectivity index (χ4n) is 4.63. The number of nitriles is 2. The van der Waals surface area contributed by atoms with Crippen LogP contribution in [0.25, 0.3) is 11.5 Å². The molecule has 0 aromatic heterocycles. The highest BCUT2D eigenvalue weighted by Crippen LogP contribution is 2.41. The zero-order valence-electron chi connectivity index (χ0n) is 23.8. The molecule has 236 valence electrons. The molecule has 0 unspecified atom stereocenters. The van der Waals surface area contributed by atoms with E-state index in [0.29, 0.717) is 8.95 Å². The molecule has 46 heavy (non-hydrogen) atoms. The van der Waals surface area contributed by atoms with E-state index < -0.39 is 81.9 Å². The summed E-state index contributed by atoms with van der Waals surface area (Å²) in [7, 11) is 0. The predicted molar refractivity (Wildman–Crippen MR) is 165 cm³/mol. The summed E-state index contributed by atoms with van der Waals surface area (Å²) in [6, 6.07) is 12.9. The Morgan fingerprint density at radius 1 is 0.717 bits per heavy atom. The quantitative estimate of drug-likeness (QED) is 0.233. The molecule has 0 bridgehead atoms. The van der Waals surface area contributed by atoms with Crippen LogP contribution in [0, 0.1) is 22.7 Å². The molecule has 0 heterocycles. The van der Waals surface area contributed by atoms with Crippen LogP contribution >= 0.6 is 31.9 Å². The lowest BCUT2D eigenvalue weighted by atomic mass is 9.70. The van der Waals surface area contributed by atoms with Gasteiger partial charge < -0.3 is 31.1 Å². The number of hydrogen-bond donors (Lipinski definition) is 6. The second kappa shape index (κ2) is 13.4. The largest absolute Gasteiger partial charge is 0.506 e. The van der Waals surface area contributed by atoms with Gasteiger partial charge in [-0.05, 0) is 61.4 Å². The van der Waals surface area contributed by atoms with Gasteiger partial charge in [0.15, 0.2) is 11.6 Å². The molecule has 0 saturated heterocycles. The number of carbonyl (C=O) groups is 6. The Balaban J connectivity index is 0.000000250. The van der Waals surface area contributed by atoms with E-state index in [4.69, 9.17) is 10.2 Å². The minimum Gasteiger partial charge on any atom is -0.506 e. The summed E-state index contributed by atoms with van der Waals surface area (Å²) in [6.07, 6.45) is 0. The van der Waals surface area contributed by atoms with Crippen LogP contribution in [-0.2, 0) is 39.6 Å². The first-order chi connectivity index (χ1) is 21.4. The zero-order valence-corrected chi connectivity index (χ0v) is 26.9. The number of Topliss-reactive ketones (excluding diaryl/α,β-unsaturated/α-hetero) is 2. The van der Waals surface area contributed by atoms with Gasteiger partial charge in [0.25, 0.3) is 11.8 Å². The minimum absolute atomic E-state index is 0.178. The summed E-state index contributed by atoms with van der Waals surface area (Å²) in [6.45, 7) is 1.27. The average Bonchev–Trinajstić information content (AvgIpc) is 3.01. The number of nitrogens with one attached hydrogen (secondary N) is 2. The maximum Gasteiger partial charge on any atom is 0.322 e. The van der Waals surface area contributed by atoms with Crippen molar-refractivity contribution in [1.82, 2.24) is 10.6 Å². The zero-order chi connectivity index (χ0) is 34.7. The van der Waals surface area contributed by atoms with E-state index in [-0.39, 0.29) is 22.3 Å². The number of nitrogens with zero attached hydrogens (tertiary/aromatic N) is 2. The monoisotopic (exact) mass is 756 g/mol. The van der Waals surface area contributed by atoms with Crippen molar-refractivity contribution in [3.63, 3.8) is 0 Å². The minimum atomic E-state index is -1.67. The third kappa shape index (κ3) is 6.39. The molecule has 14 nitrogen and oxygen atoms in total. The summed E-state index contributed by atoms with van der Waals surface area (Å²) in [5.74, 6) is -7.59. The highest BCUT2D eigenvalue weighted by Gasteiger charge is 2.48. The normalized spacial score (nSPS) is 19.8. The van der Waals surface area contributed by atoms with Crippen LogP contribution in [0.1, 0.15) is 36.1 Å². The number of ketones is 2. The number of fused-ring (bicyclic) bond motifs is 2. The highest BCUT2D eigenvalue weighted by molar-refractivity contribution is 9.10. The lowest BCUT2D eigenvalue weighted by molar-refractivity contribution is -0.138. The third-order valence-electron chi connectivity index (χ3n) is 7.09. The van der Waals surface area contributed by atoms with Gasteiger partial charge >= 0.3 is 11.9 Å². The van der Waals surface area contributed by atoms with Crippen molar-refractivity contribution in [2.75, 3.05) is 13.1 Å². The molecule has 0 saturated carbocycles. The molecule has 2 amide bonds. The van der Waals surface area contributed by atoms with Crippen LogP contribution < -0.4 is 10.6 Å². The van der Waals surface area contributed by atoms with Crippen LogP contribution in [-0.4, -0.2) is 68.8 Å². The SMILES string of the molecule is C[C@@]1(C#N)C(=O)C(C(=O)NCC(=O)O)=C(O)c2ccc(Br)cc21.C[C@]1(C#N)C(=O)C(C(=O)NCC(=O)O)=C(O)c2ccc(Br)cc21. The fraction of sp³-hybridized carbons (Fsp3) is 0.200. The molecule has 0 radical (unpaired) electrons. The van der Waals surface area contributed by atoms with Gasteiger partial charge in [-0.1, -0.05) is 31.9 Å². The summed E-state index contributed by atoms with van der Waals surface area (Å²) in [5, 5.41) is 60.7. The number of carboxylic acids is 2. The standard InChI is InChI=1S/2C15H11BrN2O5/c2*1-15(6-17)9-4-7(16)2-3-8(9)12(21)11(13(15)22)14(23)18-5-10(19)20/h2*2-4,21H,5H2,1H3,(H,18,23)(H,19,20)/t2*15-/m10/s1. The second-order valence-electron chi connectivity index (χ2n) is 10.1. The first-order valence-electron chi connectivity index (χ1n) is 12.8. The number of carboxylic acid groups (broad SMARTS) is 2. The van der Waals surface area contributed by atoms with Crippen molar-refractivity contribution >= 4 is 78.7 Å². The lowest BCUT2D eigenvalue weighted by Crippen LogP contribution is -2.43. The molecule has 6 N–H and O–H groups in total. The van der Waals surface area contributed by atoms with Crippen LogP contribution in [0.15, 0.2) is 56.5 Å². The van der Waals surface area contributed by atoms with Gasteiger partial charge in [-0.2, -0.15) is 10.5 Å². The Kier molecular flexibility index (Phi) is 10.2. The molecule has 2 atom stereocenters. The van der Waals surface area contributed by atoms with Crippen molar-refractivity contribution in [2.45, 2.75) is 24.7 Å². The van der Waals surface area contributed by atoms with E-state index in [2.05, 4.69) is 31.9 Å². The summed E-state index contributed by atoms with van der Waals surface area (Å²) < 4.78 is 1.22. The van der Waals surface area contributed by atoms with Gasteiger partial charge in [0, 0.05) is 20.1 Å². The summed E-state index contributed by atoms with van der Waals surface area (Å²) in [5.41, 5.74) is -3.68. The molecule has 0 spiro atoms.